The maximum atomic E-state index is 4.92. The number of rotatable bonds is 4. The van der Waals surface area contributed by atoms with Gasteiger partial charge in [-0.1, -0.05) is 0 Å². The molecule has 1 unspecified atom stereocenters. The van der Waals surface area contributed by atoms with E-state index in [2.05, 4.69) is 0 Å². The molecule has 0 bridgehead atoms. The maximum Gasteiger partial charge on any atom is 0.305 e. The fourth-order valence-electron chi connectivity index (χ4n) is 0.176. The molecule has 0 N–H and O–H groups in total. The van der Waals surface area contributed by atoms with Crippen molar-refractivity contribution in [2.45, 2.75) is 0 Å². The lowest BCUT2D eigenvalue weighted by Gasteiger charge is -1.96. The highest BCUT2D eigenvalue weighted by Crippen LogP contribution is 2.38. The van der Waals surface area contributed by atoms with Crippen LogP contribution in [0.5, 0.6) is 0 Å². The first-order valence-corrected chi connectivity index (χ1v) is 6.91. The van der Waals surface area contributed by atoms with E-state index in [1.807, 2.05) is 20.0 Å². The Hall–Kier alpha value is 0.740. The molecule has 0 spiro atoms. The van der Waals surface area contributed by atoms with Crippen molar-refractivity contribution < 1.29 is 13.9 Å². The predicted octanol–water partition coefficient (Wildman–Crippen LogP) is 1.64. The number of hydrogen-bond acceptors (Lipinski definition) is 3. The molecule has 0 aromatic rings. The van der Waals surface area contributed by atoms with Crippen molar-refractivity contribution in [3.8, 4) is 0 Å². The van der Waals surface area contributed by atoms with E-state index < -0.39 is 16.5 Å². The second-order valence-electron chi connectivity index (χ2n) is 1.77. The van der Waals surface area contributed by atoms with Crippen LogP contribution in [-0.2, 0) is 13.9 Å². The zero-order valence-corrected chi connectivity index (χ0v) is 8.22. The van der Waals surface area contributed by atoms with Gasteiger partial charge in [0, 0.05) is 0 Å². The molecule has 0 aliphatic rings. The van der Waals surface area contributed by atoms with Crippen LogP contribution < -0.4 is 0 Å². The second-order valence-corrected chi connectivity index (χ2v) is 5.31. The molecule has 0 heterocycles. The topological polar surface area (TPSA) is 27.7 Å². The fraction of sp³-hybridized carbons (Fsp3) is 1.00. The molecular formula is C4H14O3P2+2. The third-order valence-electron chi connectivity index (χ3n) is 0.613. The zero-order valence-electron chi connectivity index (χ0n) is 6.22. The van der Waals surface area contributed by atoms with Crippen LogP contribution in [0.3, 0.4) is 0 Å². The summed E-state index contributed by atoms with van der Waals surface area (Å²) < 4.78 is 14.7. The molecule has 1 atom stereocenters. The summed E-state index contributed by atoms with van der Waals surface area (Å²) in [6.07, 6.45) is 0. The first-order valence-electron chi connectivity index (χ1n) is 2.69. The van der Waals surface area contributed by atoms with E-state index in [0.717, 1.165) is 0 Å². The summed E-state index contributed by atoms with van der Waals surface area (Å²) >= 11 is 0. The van der Waals surface area contributed by atoms with Gasteiger partial charge in [-0.15, -0.1) is 0 Å². The largest absolute Gasteiger partial charge is 0.305 e. The van der Waals surface area contributed by atoms with Crippen molar-refractivity contribution >= 4 is 16.5 Å². The van der Waals surface area contributed by atoms with E-state index in [9.17, 15) is 0 Å². The molecule has 56 valence electrons. The van der Waals surface area contributed by atoms with Gasteiger partial charge in [0.2, 0.25) is 0 Å². The predicted molar refractivity (Wildman–Crippen MR) is 43.6 cm³/mol. The quantitative estimate of drug-likeness (QED) is 0.366. The minimum Gasteiger partial charge on any atom is -0.209 e. The molecule has 0 radical (unpaired) electrons. The standard InChI is InChI=1S/C4H12O3P2/c1-5-9(4)7-6-8(2)3/h1-4H3/p+2. The summed E-state index contributed by atoms with van der Waals surface area (Å²) in [6, 6.07) is 0. The van der Waals surface area contributed by atoms with Crippen LogP contribution in [0.4, 0.5) is 0 Å². The third kappa shape index (κ3) is 6.63. The summed E-state index contributed by atoms with van der Waals surface area (Å²) in [5.41, 5.74) is 0. The van der Waals surface area contributed by atoms with Crippen LogP contribution in [0.15, 0.2) is 0 Å². The minimum absolute atomic E-state index is 0.716. The van der Waals surface area contributed by atoms with Gasteiger partial charge in [0.1, 0.15) is 6.66 Å². The molecule has 0 saturated carbocycles. The highest BCUT2D eigenvalue weighted by molar-refractivity contribution is 7.51. The van der Waals surface area contributed by atoms with E-state index in [4.69, 9.17) is 13.9 Å². The lowest BCUT2D eigenvalue weighted by atomic mass is 11.8. The van der Waals surface area contributed by atoms with Crippen molar-refractivity contribution in [2.24, 2.45) is 0 Å². The Bertz CT molecular complexity index is 68.8. The summed E-state index contributed by atoms with van der Waals surface area (Å²) in [5, 5.41) is 0. The van der Waals surface area contributed by atoms with Gasteiger partial charge < -0.3 is 0 Å². The second kappa shape index (κ2) is 5.52. The Kier molecular flexibility index (Phi) is 5.97. The molecule has 0 aliphatic carbocycles. The van der Waals surface area contributed by atoms with E-state index in [1.54, 1.807) is 7.11 Å². The molecule has 0 aromatic heterocycles. The first-order chi connectivity index (χ1) is 4.16. The Morgan fingerprint density at radius 2 is 1.56 bits per heavy atom. The van der Waals surface area contributed by atoms with Gasteiger partial charge in [-0.3, -0.25) is 0 Å². The van der Waals surface area contributed by atoms with E-state index >= 15 is 0 Å². The maximum absolute atomic E-state index is 4.92. The smallest absolute Gasteiger partial charge is 0.209 e. The van der Waals surface area contributed by atoms with Crippen molar-refractivity contribution in [3.05, 3.63) is 0 Å². The van der Waals surface area contributed by atoms with Gasteiger partial charge >= 0.3 is 8.38 Å². The Morgan fingerprint density at radius 3 is 1.89 bits per heavy atom. The Labute approximate surface area is 58.4 Å². The van der Waals surface area contributed by atoms with Crippen LogP contribution >= 0.6 is 16.5 Å². The molecule has 0 fully saturated rings. The first kappa shape index (κ1) is 9.74. The fourth-order valence-corrected chi connectivity index (χ4v) is 1.38. The van der Waals surface area contributed by atoms with E-state index in [0.29, 0.717) is 0 Å². The van der Waals surface area contributed by atoms with Crippen LogP contribution in [0.25, 0.3) is 0 Å². The number of hydrogen-bond donors (Lipinski definition) is 0. The van der Waals surface area contributed by atoms with Gasteiger partial charge in [0.05, 0.1) is 20.4 Å². The van der Waals surface area contributed by atoms with Crippen molar-refractivity contribution in [1.82, 2.24) is 0 Å². The molecule has 9 heavy (non-hydrogen) atoms. The van der Waals surface area contributed by atoms with Crippen LogP contribution in [-0.4, -0.2) is 27.1 Å². The highest BCUT2D eigenvalue weighted by Gasteiger charge is 2.13. The molecule has 5 heteroatoms. The SMILES string of the molecule is CO[PH+](C)OO[PH+](C)C. The summed E-state index contributed by atoms with van der Waals surface area (Å²) in [7, 11) is -0.217. The Balaban J connectivity index is 3.06. The summed E-state index contributed by atoms with van der Waals surface area (Å²) in [4.78, 5) is 0. The van der Waals surface area contributed by atoms with Gasteiger partial charge in [-0.2, -0.15) is 0 Å². The molecule has 0 aromatic carbocycles. The average molecular weight is 172 g/mol. The monoisotopic (exact) mass is 172 g/mol. The zero-order chi connectivity index (χ0) is 7.28. The van der Waals surface area contributed by atoms with Crippen LogP contribution in [0, 0.1) is 0 Å². The van der Waals surface area contributed by atoms with E-state index in [1.165, 1.54) is 0 Å². The Morgan fingerprint density at radius 1 is 1.00 bits per heavy atom. The molecule has 0 amide bonds. The molecule has 0 rings (SSSR count). The van der Waals surface area contributed by atoms with Gasteiger partial charge in [-0.25, -0.2) is 4.52 Å². The molecule has 0 aliphatic heterocycles. The normalized spacial score (nSPS) is 14.3. The molecule has 0 saturated heterocycles. The van der Waals surface area contributed by atoms with Crippen molar-refractivity contribution in [1.29, 1.82) is 0 Å². The highest BCUT2D eigenvalue weighted by atomic mass is 31.2. The lowest BCUT2D eigenvalue weighted by Crippen LogP contribution is -1.83. The lowest BCUT2D eigenvalue weighted by molar-refractivity contribution is -0.0861. The van der Waals surface area contributed by atoms with E-state index in [-0.39, 0.29) is 0 Å². The molecular weight excluding hydrogens is 158 g/mol. The van der Waals surface area contributed by atoms with Crippen molar-refractivity contribution in [2.75, 3.05) is 27.1 Å². The summed E-state index contributed by atoms with van der Waals surface area (Å²) in [6.45, 7) is 5.90. The minimum atomic E-state index is -1.12. The molecule has 3 nitrogen and oxygen atoms in total. The van der Waals surface area contributed by atoms with Gasteiger partial charge in [0.25, 0.3) is 0 Å². The van der Waals surface area contributed by atoms with Crippen molar-refractivity contribution in [3.63, 3.8) is 0 Å². The average Bonchev–Trinajstić information content (AvgIpc) is 1.83. The van der Waals surface area contributed by atoms with Gasteiger partial charge in [-0.05, 0) is 9.35 Å². The van der Waals surface area contributed by atoms with Crippen LogP contribution in [0.1, 0.15) is 0 Å². The van der Waals surface area contributed by atoms with Gasteiger partial charge in [0.15, 0.2) is 8.15 Å². The van der Waals surface area contributed by atoms with Crippen LogP contribution in [0.2, 0.25) is 0 Å². The third-order valence-corrected chi connectivity index (χ3v) is 2.09. The summed E-state index contributed by atoms with van der Waals surface area (Å²) in [5.74, 6) is 0.